The van der Waals surface area contributed by atoms with Gasteiger partial charge in [0.05, 0.1) is 12.2 Å². The number of nitrogens with one attached hydrogen (secondary N) is 1. The number of ether oxygens (including phenoxy) is 1. The zero-order valence-corrected chi connectivity index (χ0v) is 22.3. The van der Waals surface area contributed by atoms with Crippen LogP contribution in [0.1, 0.15) is 25.1 Å². The Morgan fingerprint density at radius 1 is 0.902 bits per heavy atom. The van der Waals surface area contributed by atoms with Crippen molar-refractivity contribution in [2.24, 2.45) is 0 Å². The summed E-state index contributed by atoms with van der Waals surface area (Å²) in [5, 5.41) is 2.56. The van der Waals surface area contributed by atoms with E-state index in [0.29, 0.717) is 6.07 Å². The van der Waals surface area contributed by atoms with Gasteiger partial charge in [-0.3, -0.25) is 0 Å². The van der Waals surface area contributed by atoms with Gasteiger partial charge in [-0.25, -0.2) is 4.98 Å². The SMILES string of the molecule is CC.O=S(=O)(Oc1cccc2c1N(Sc1ccc(OC(F)(F)F)cc1)Cc1ccc(C(F)(F)F)nc1N2)C(F)(F)F. The first-order valence-corrected chi connectivity index (χ1v) is 13.4. The van der Waals surface area contributed by atoms with Crippen molar-refractivity contribution in [2.75, 3.05) is 9.62 Å². The summed E-state index contributed by atoms with van der Waals surface area (Å²) in [7, 11) is -6.16. The van der Waals surface area contributed by atoms with Gasteiger partial charge in [0, 0.05) is 10.5 Å². The number of alkyl halides is 9. The van der Waals surface area contributed by atoms with Crippen molar-refractivity contribution in [2.45, 2.75) is 43.3 Å². The molecule has 0 atom stereocenters. The summed E-state index contributed by atoms with van der Waals surface area (Å²) in [5.74, 6) is -1.72. The number of halogens is 9. The average molecular weight is 636 g/mol. The average Bonchev–Trinajstić information content (AvgIpc) is 3.00. The van der Waals surface area contributed by atoms with Crippen LogP contribution in [0, 0.1) is 0 Å². The Balaban J connectivity index is 0.00000226. The van der Waals surface area contributed by atoms with E-state index in [0.717, 1.165) is 42.3 Å². The molecule has 2 heterocycles. The summed E-state index contributed by atoms with van der Waals surface area (Å²) in [6, 6.07) is 9.20. The molecule has 0 fully saturated rings. The number of nitrogens with zero attached hydrogens (tertiary/aromatic N) is 2. The number of hydrogen-bond acceptors (Lipinski definition) is 8. The highest BCUT2D eigenvalue weighted by atomic mass is 32.2. The summed E-state index contributed by atoms with van der Waals surface area (Å²) in [6.07, 6.45) is -9.79. The molecule has 0 bridgehead atoms. The topological polar surface area (TPSA) is 80.8 Å². The molecule has 2 aromatic carbocycles. The Morgan fingerprint density at radius 2 is 1.54 bits per heavy atom. The fourth-order valence-corrected chi connectivity index (χ4v) is 4.72. The van der Waals surface area contributed by atoms with Gasteiger partial charge in [-0.15, -0.1) is 13.2 Å². The van der Waals surface area contributed by atoms with Gasteiger partial charge in [0.25, 0.3) is 0 Å². The lowest BCUT2D eigenvalue weighted by molar-refractivity contribution is -0.274. The fourth-order valence-electron chi connectivity index (χ4n) is 3.26. The lowest BCUT2D eigenvalue weighted by Gasteiger charge is -2.25. The van der Waals surface area contributed by atoms with Crippen LogP contribution in [0.15, 0.2) is 59.5 Å². The second kappa shape index (κ2) is 11.8. The second-order valence-corrected chi connectivity index (χ2v) is 10.2. The fraction of sp³-hybridized carbons (Fsp3) is 0.261. The van der Waals surface area contributed by atoms with Crippen molar-refractivity contribution in [1.82, 2.24) is 4.98 Å². The van der Waals surface area contributed by atoms with Crippen LogP contribution in [0.4, 0.5) is 56.7 Å². The molecular weight excluding hydrogens is 617 g/mol. The van der Waals surface area contributed by atoms with Gasteiger partial charge in [-0.1, -0.05) is 26.0 Å². The van der Waals surface area contributed by atoms with Gasteiger partial charge in [0.15, 0.2) is 5.75 Å². The number of fused-ring (bicyclic) bond motifs is 2. The summed E-state index contributed by atoms with van der Waals surface area (Å²) < 4.78 is 149. The number of rotatable bonds is 5. The predicted molar refractivity (Wildman–Crippen MR) is 131 cm³/mol. The maximum absolute atomic E-state index is 13.2. The van der Waals surface area contributed by atoms with Crippen LogP contribution in [-0.2, 0) is 22.8 Å². The minimum Gasteiger partial charge on any atom is -0.406 e. The molecule has 41 heavy (non-hydrogen) atoms. The third kappa shape index (κ3) is 7.81. The molecule has 1 aliphatic rings. The zero-order valence-electron chi connectivity index (χ0n) is 20.6. The van der Waals surface area contributed by atoms with E-state index in [4.69, 9.17) is 0 Å². The number of aromatic nitrogens is 1. The summed E-state index contributed by atoms with van der Waals surface area (Å²) in [4.78, 5) is 3.74. The Bertz CT molecular complexity index is 1480. The molecule has 0 aliphatic carbocycles. The van der Waals surface area contributed by atoms with Crippen LogP contribution in [0.25, 0.3) is 0 Å². The van der Waals surface area contributed by atoms with Gasteiger partial charge in [0.2, 0.25) is 0 Å². The van der Waals surface area contributed by atoms with Crippen molar-refractivity contribution in [3.63, 3.8) is 0 Å². The molecule has 7 nitrogen and oxygen atoms in total. The van der Waals surface area contributed by atoms with Gasteiger partial charge in [-0.2, -0.15) is 34.8 Å². The molecular formula is C23H18F9N3O4S2. The predicted octanol–water partition coefficient (Wildman–Crippen LogP) is 8.02. The van der Waals surface area contributed by atoms with Crippen LogP contribution < -0.4 is 18.5 Å². The number of benzene rings is 2. The maximum Gasteiger partial charge on any atom is 0.573 e. The Hall–Kier alpha value is -3.54. The zero-order chi connectivity index (χ0) is 30.8. The van der Waals surface area contributed by atoms with E-state index in [-0.39, 0.29) is 34.2 Å². The molecule has 18 heteroatoms. The van der Waals surface area contributed by atoms with E-state index in [1.165, 1.54) is 22.5 Å². The third-order valence-corrected chi connectivity index (χ3v) is 6.82. The highest BCUT2D eigenvalue weighted by molar-refractivity contribution is 8.00. The number of anilines is 3. The van der Waals surface area contributed by atoms with Crippen molar-refractivity contribution in [1.29, 1.82) is 0 Å². The molecule has 1 aromatic heterocycles. The van der Waals surface area contributed by atoms with E-state index in [9.17, 15) is 47.9 Å². The molecule has 3 aromatic rings. The molecule has 0 saturated heterocycles. The highest BCUT2D eigenvalue weighted by Crippen LogP contribution is 2.47. The molecule has 1 N–H and O–H groups in total. The number of hydrogen-bond donors (Lipinski definition) is 1. The van der Waals surface area contributed by atoms with Crippen molar-refractivity contribution in [3.05, 3.63) is 65.9 Å². The van der Waals surface area contributed by atoms with E-state index in [1.54, 1.807) is 0 Å². The minimum absolute atomic E-state index is 0.119. The molecule has 224 valence electrons. The van der Waals surface area contributed by atoms with Gasteiger partial charge < -0.3 is 18.5 Å². The van der Waals surface area contributed by atoms with Crippen molar-refractivity contribution >= 4 is 39.3 Å². The number of para-hydroxylation sites is 1. The van der Waals surface area contributed by atoms with Crippen molar-refractivity contribution in [3.8, 4) is 11.5 Å². The Labute approximate surface area is 231 Å². The van der Waals surface area contributed by atoms with Crippen molar-refractivity contribution < 1.29 is 56.9 Å². The van der Waals surface area contributed by atoms with Crippen LogP contribution in [0.3, 0.4) is 0 Å². The smallest absolute Gasteiger partial charge is 0.406 e. The van der Waals surface area contributed by atoms with Gasteiger partial charge in [-0.05, 0) is 54.4 Å². The van der Waals surface area contributed by atoms with Crippen LogP contribution >= 0.6 is 11.9 Å². The molecule has 0 saturated carbocycles. The van der Waals surface area contributed by atoms with E-state index < -0.39 is 45.4 Å². The van der Waals surface area contributed by atoms with E-state index in [2.05, 4.69) is 19.2 Å². The monoisotopic (exact) mass is 635 g/mol. The third-order valence-electron chi connectivity index (χ3n) is 4.84. The van der Waals surface area contributed by atoms with Gasteiger partial charge in [0.1, 0.15) is 22.9 Å². The quantitative estimate of drug-likeness (QED) is 0.131. The standard InChI is InChI=1S/C21H12F9N3O4S2.C2H6/c22-19(23,24)16-9-4-11-10-33(38-13-7-5-12(6-8-13)36-20(25,26)27)17-14(31-18(11)32-16)2-1-3-15(17)37-39(34,35)21(28,29)30;1-2/h1-9H,10H2,(H,31,32);1-2H3. The van der Waals surface area contributed by atoms with Crippen LogP contribution in [0.5, 0.6) is 11.5 Å². The largest absolute Gasteiger partial charge is 0.573 e. The molecule has 0 radical (unpaired) electrons. The van der Waals surface area contributed by atoms with E-state index in [1.807, 2.05) is 13.8 Å². The first kappa shape index (κ1) is 32.0. The molecule has 4 rings (SSSR count). The number of pyridine rings is 1. The molecule has 0 spiro atoms. The first-order chi connectivity index (χ1) is 18.9. The summed E-state index contributed by atoms with van der Waals surface area (Å²) in [6.45, 7) is 3.65. The van der Waals surface area contributed by atoms with E-state index >= 15 is 0 Å². The second-order valence-electron chi connectivity index (χ2n) is 7.61. The van der Waals surface area contributed by atoms with Gasteiger partial charge >= 0.3 is 28.2 Å². The summed E-state index contributed by atoms with van der Waals surface area (Å²) >= 11 is 0.719. The molecule has 0 unspecified atom stereocenters. The molecule has 1 aliphatic heterocycles. The minimum atomic E-state index is -6.16. The lowest BCUT2D eigenvalue weighted by Crippen LogP contribution is -2.28. The Morgan fingerprint density at radius 3 is 2.10 bits per heavy atom. The highest BCUT2D eigenvalue weighted by Gasteiger charge is 2.49. The lowest BCUT2D eigenvalue weighted by atomic mass is 10.2. The first-order valence-electron chi connectivity index (χ1n) is 11.2. The molecule has 0 amide bonds. The summed E-state index contributed by atoms with van der Waals surface area (Å²) in [5.41, 5.74) is -7.44. The Kier molecular flexibility index (Phi) is 9.17. The normalized spacial score (nSPS) is 13.6. The van der Waals surface area contributed by atoms with Crippen LogP contribution in [0.2, 0.25) is 0 Å². The van der Waals surface area contributed by atoms with Crippen LogP contribution in [-0.4, -0.2) is 25.3 Å². The maximum atomic E-state index is 13.2.